The molecular formula is C18H21N3O3. The Balaban J connectivity index is 1.61. The van der Waals surface area contributed by atoms with E-state index in [0.29, 0.717) is 18.8 Å². The van der Waals surface area contributed by atoms with Gasteiger partial charge in [0.1, 0.15) is 6.04 Å². The van der Waals surface area contributed by atoms with Crippen molar-refractivity contribution < 1.29 is 14.4 Å². The second-order valence-electron chi connectivity index (χ2n) is 6.82. The van der Waals surface area contributed by atoms with Crippen LogP contribution in [0.15, 0.2) is 18.2 Å². The molecule has 0 saturated carbocycles. The smallest absolute Gasteiger partial charge is 0.249 e. The van der Waals surface area contributed by atoms with E-state index in [1.807, 2.05) is 6.07 Å². The quantitative estimate of drug-likeness (QED) is 0.789. The summed E-state index contributed by atoms with van der Waals surface area (Å²) in [6.07, 6.45) is 3.24. The molecule has 1 atom stereocenters. The summed E-state index contributed by atoms with van der Waals surface area (Å²) in [4.78, 5) is 37.6. The van der Waals surface area contributed by atoms with Crippen molar-refractivity contribution in [3.8, 4) is 0 Å². The van der Waals surface area contributed by atoms with Gasteiger partial charge >= 0.3 is 0 Å². The zero-order valence-electron chi connectivity index (χ0n) is 13.5. The van der Waals surface area contributed by atoms with Gasteiger partial charge in [-0.25, -0.2) is 0 Å². The maximum absolute atomic E-state index is 12.5. The van der Waals surface area contributed by atoms with Gasteiger partial charge in [0, 0.05) is 12.1 Å². The van der Waals surface area contributed by atoms with Crippen molar-refractivity contribution >= 4 is 23.4 Å². The van der Waals surface area contributed by atoms with Crippen molar-refractivity contribution in [1.82, 2.24) is 10.6 Å². The monoisotopic (exact) mass is 327 g/mol. The molecule has 3 heterocycles. The summed E-state index contributed by atoms with van der Waals surface area (Å²) < 4.78 is 0. The maximum atomic E-state index is 12.5. The van der Waals surface area contributed by atoms with Crippen LogP contribution in [0.2, 0.25) is 0 Å². The summed E-state index contributed by atoms with van der Waals surface area (Å²) in [5.41, 5.74) is 3.11. The number of nitrogens with zero attached hydrogens (tertiary/aromatic N) is 1. The van der Waals surface area contributed by atoms with Gasteiger partial charge in [-0.05, 0) is 55.5 Å². The normalized spacial score (nSPS) is 24.9. The van der Waals surface area contributed by atoms with Crippen LogP contribution in [0.3, 0.4) is 0 Å². The third-order valence-corrected chi connectivity index (χ3v) is 5.31. The van der Waals surface area contributed by atoms with Crippen LogP contribution in [0.4, 0.5) is 5.69 Å². The van der Waals surface area contributed by atoms with Crippen LogP contribution in [-0.4, -0.2) is 36.9 Å². The Labute approximate surface area is 140 Å². The lowest BCUT2D eigenvalue weighted by Gasteiger charge is -2.30. The predicted octanol–water partition coefficient (Wildman–Crippen LogP) is 0.848. The number of amides is 3. The Bertz CT molecular complexity index is 709. The molecule has 2 N–H and O–H groups in total. The summed E-state index contributed by atoms with van der Waals surface area (Å²) >= 11 is 0. The molecule has 0 bridgehead atoms. The molecule has 2 saturated heterocycles. The van der Waals surface area contributed by atoms with Crippen molar-refractivity contribution in [2.24, 2.45) is 0 Å². The highest BCUT2D eigenvalue weighted by atomic mass is 16.2. The van der Waals surface area contributed by atoms with E-state index >= 15 is 0 Å². The van der Waals surface area contributed by atoms with E-state index in [0.717, 1.165) is 37.2 Å². The SMILES string of the molecule is O=C1CCC(N2C(=O)Cc3cc(C4CCNCC4)ccc32)C(=O)N1. The number of carbonyl (C=O) groups is 3. The number of carbonyl (C=O) groups excluding carboxylic acids is 3. The molecular weight excluding hydrogens is 306 g/mol. The lowest BCUT2D eigenvalue weighted by molar-refractivity contribution is -0.135. The number of piperidine rings is 2. The van der Waals surface area contributed by atoms with Crippen molar-refractivity contribution in [2.75, 3.05) is 18.0 Å². The molecule has 24 heavy (non-hydrogen) atoms. The molecule has 1 unspecified atom stereocenters. The standard InChI is InChI=1S/C18H21N3O3/c22-16-4-3-15(18(24)20-16)21-14-2-1-12(9-13(14)10-17(21)23)11-5-7-19-8-6-11/h1-2,9,11,15,19H,3-8,10H2,(H,20,22,24). The minimum absolute atomic E-state index is 0.0537. The second kappa shape index (κ2) is 6.02. The topological polar surface area (TPSA) is 78.5 Å². The summed E-state index contributed by atoms with van der Waals surface area (Å²) in [6, 6.07) is 5.63. The van der Waals surface area contributed by atoms with Gasteiger partial charge in [-0.2, -0.15) is 0 Å². The number of anilines is 1. The molecule has 1 aromatic rings. The fourth-order valence-corrected chi connectivity index (χ4v) is 4.04. The fraction of sp³-hybridized carbons (Fsp3) is 0.500. The number of benzene rings is 1. The fourth-order valence-electron chi connectivity index (χ4n) is 4.04. The average molecular weight is 327 g/mol. The molecule has 3 aliphatic heterocycles. The van der Waals surface area contributed by atoms with Crippen molar-refractivity contribution in [3.63, 3.8) is 0 Å². The zero-order valence-corrected chi connectivity index (χ0v) is 13.5. The first kappa shape index (κ1) is 15.3. The molecule has 3 aliphatic rings. The third kappa shape index (κ3) is 2.60. The van der Waals surface area contributed by atoms with E-state index in [9.17, 15) is 14.4 Å². The van der Waals surface area contributed by atoms with Crippen LogP contribution < -0.4 is 15.5 Å². The molecule has 4 rings (SSSR count). The zero-order chi connectivity index (χ0) is 16.7. The summed E-state index contributed by atoms with van der Waals surface area (Å²) in [7, 11) is 0. The first-order valence-corrected chi connectivity index (χ1v) is 8.63. The number of rotatable bonds is 2. The van der Waals surface area contributed by atoms with Crippen LogP contribution in [0.5, 0.6) is 0 Å². The van der Waals surface area contributed by atoms with Gasteiger partial charge in [-0.1, -0.05) is 12.1 Å². The number of hydrogen-bond acceptors (Lipinski definition) is 4. The van der Waals surface area contributed by atoms with Crippen LogP contribution >= 0.6 is 0 Å². The third-order valence-electron chi connectivity index (χ3n) is 5.31. The molecule has 6 heteroatoms. The Kier molecular flexibility index (Phi) is 3.84. The largest absolute Gasteiger partial charge is 0.317 e. The van der Waals surface area contributed by atoms with Gasteiger partial charge in [0.05, 0.1) is 6.42 Å². The number of imide groups is 1. The van der Waals surface area contributed by atoms with E-state index in [1.165, 1.54) is 5.56 Å². The summed E-state index contributed by atoms with van der Waals surface area (Å²) in [5, 5.41) is 5.71. The first-order chi connectivity index (χ1) is 11.6. The molecule has 0 spiro atoms. The Hall–Kier alpha value is -2.21. The van der Waals surface area contributed by atoms with Gasteiger partial charge in [-0.3, -0.25) is 24.6 Å². The minimum Gasteiger partial charge on any atom is -0.317 e. The van der Waals surface area contributed by atoms with Crippen LogP contribution in [0.1, 0.15) is 42.7 Å². The number of nitrogens with one attached hydrogen (secondary N) is 2. The highest BCUT2D eigenvalue weighted by Gasteiger charge is 2.39. The van der Waals surface area contributed by atoms with Crippen LogP contribution in [0.25, 0.3) is 0 Å². The van der Waals surface area contributed by atoms with Gasteiger partial charge in [0.25, 0.3) is 0 Å². The Morgan fingerprint density at radius 2 is 1.83 bits per heavy atom. The van der Waals surface area contributed by atoms with Crippen molar-refractivity contribution in [1.29, 1.82) is 0 Å². The van der Waals surface area contributed by atoms with E-state index < -0.39 is 6.04 Å². The van der Waals surface area contributed by atoms with Crippen LogP contribution in [-0.2, 0) is 20.8 Å². The van der Waals surface area contributed by atoms with E-state index in [-0.39, 0.29) is 24.1 Å². The molecule has 1 aromatic carbocycles. The molecule has 0 aromatic heterocycles. The average Bonchev–Trinajstić information content (AvgIpc) is 2.91. The number of fused-ring (bicyclic) bond motifs is 1. The van der Waals surface area contributed by atoms with Gasteiger partial charge in [-0.15, -0.1) is 0 Å². The summed E-state index contributed by atoms with van der Waals surface area (Å²) in [6.45, 7) is 2.06. The van der Waals surface area contributed by atoms with Gasteiger partial charge in [0.2, 0.25) is 17.7 Å². The molecule has 3 amide bonds. The van der Waals surface area contributed by atoms with E-state index in [1.54, 1.807) is 4.90 Å². The predicted molar refractivity (Wildman–Crippen MR) is 88.6 cm³/mol. The molecule has 126 valence electrons. The lowest BCUT2D eigenvalue weighted by atomic mass is 9.89. The maximum Gasteiger partial charge on any atom is 0.249 e. The van der Waals surface area contributed by atoms with E-state index in [4.69, 9.17) is 0 Å². The minimum atomic E-state index is -0.568. The van der Waals surface area contributed by atoms with E-state index in [2.05, 4.69) is 22.8 Å². The lowest BCUT2D eigenvalue weighted by Crippen LogP contribution is -2.53. The summed E-state index contributed by atoms with van der Waals surface area (Å²) in [5.74, 6) is -0.141. The second-order valence-corrected chi connectivity index (χ2v) is 6.82. The highest BCUT2D eigenvalue weighted by molar-refractivity contribution is 6.10. The number of hydrogen-bond donors (Lipinski definition) is 2. The van der Waals surface area contributed by atoms with Crippen molar-refractivity contribution in [2.45, 2.75) is 44.1 Å². The highest BCUT2D eigenvalue weighted by Crippen LogP contribution is 2.36. The van der Waals surface area contributed by atoms with Crippen LogP contribution in [0, 0.1) is 0 Å². The molecule has 0 aliphatic carbocycles. The first-order valence-electron chi connectivity index (χ1n) is 8.63. The van der Waals surface area contributed by atoms with Crippen molar-refractivity contribution in [3.05, 3.63) is 29.3 Å². The van der Waals surface area contributed by atoms with Gasteiger partial charge < -0.3 is 5.32 Å². The molecule has 0 radical (unpaired) electrons. The molecule has 6 nitrogen and oxygen atoms in total. The molecule has 2 fully saturated rings. The Morgan fingerprint density at radius 1 is 1.04 bits per heavy atom. The Morgan fingerprint density at radius 3 is 2.58 bits per heavy atom. The van der Waals surface area contributed by atoms with Gasteiger partial charge in [0.15, 0.2) is 0 Å².